The van der Waals surface area contributed by atoms with Crippen molar-refractivity contribution in [1.82, 2.24) is 20.2 Å². The Hall–Kier alpha value is -3.41. The summed E-state index contributed by atoms with van der Waals surface area (Å²) in [6.07, 6.45) is 3.31. The number of hydrogen-bond donors (Lipinski definition) is 3. The molecule has 6 heteroatoms. The second kappa shape index (κ2) is 5.66. The second-order valence-corrected chi connectivity index (χ2v) is 5.29. The lowest BCUT2D eigenvalue weighted by Crippen LogP contribution is -1.89. The van der Waals surface area contributed by atoms with Crippen LogP contribution in [0.5, 0.6) is 0 Å². The van der Waals surface area contributed by atoms with Crippen LogP contribution in [0.15, 0.2) is 61.4 Å². The number of nitrogens with zero attached hydrogens (tertiary/aromatic N) is 2. The Morgan fingerprint density at radius 2 is 2.04 bits per heavy atom. The molecule has 24 heavy (non-hydrogen) atoms. The van der Waals surface area contributed by atoms with Gasteiger partial charge in [-0.15, -0.1) is 0 Å². The van der Waals surface area contributed by atoms with E-state index in [1.165, 1.54) is 12.1 Å². The SMILES string of the molecule is C=CNc1c[nH]nc1-c1nc2c(-c3cccc(F)c3)cccc2[nH]1. The first-order valence-electron chi connectivity index (χ1n) is 7.42. The van der Waals surface area contributed by atoms with E-state index in [0.717, 1.165) is 27.8 Å². The van der Waals surface area contributed by atoms with Gasteiger partial charge in [0.2, 0.25) is 0 Å². The van der Waals surface area contributed by atoms with Crippen molar-refractivity contribution in [3.8, 4) is 22.6 Å². The maximum atomic E-state index is 13.6. The minimum atomic E-state index is -0.273. The van der Waals surface area contributed by atoms with Gasteiger partial charge < -0.3 is 10.3 Å². The van der Waals surface area contributed by atoms with Crippen LogP contribution in [0.25, 0.3) is 33.7 Å². The van der Waals surface area contributed by atoms with Crippen LogP contribution in [-0.4, -0.2) is 20.2 Å². The second-order valence-electron chi connectivity index (χ2n) is 5.29. The van der Waals surface area contributed by atoms with E-state index in [0.29, 0.717) is 11.5 Å². The van der Waals surface area contributed by atoms with E-state index in [2.05, 4.69) is 32.1 Å². The quantitative estimate of drug-likeness (QED) is 0.525. The molecule has 0 saturated heterocycles. The van der Waals surface area contributed by atoms with Crippen molar-refractivity contribution in [2.24, 2.45) is 0 Å². The van der Waals surface area contributed by atoms with E-state index >= 15 is 0 Å². The number of H-pyrrole nitrogens is 2. The number of halogens is 1. The molecule has 0 unspecified atom stereocenters. The zero-order valence-electron chi connectivity index (χ0n) is 12.7. The third-order valence-corrected chi connectivity index (χ3v) is 3.77. The molecule has 2 heterocycles. The number of aromatic amines is 2. The number of nitrogens with one attached hydrogen (secondary N) is 3. The van der Waals surface area contributed by atoms with Gasteiger partial charge in [-0.05, 0) is 30.0 Å². The van der Waals surface area contributed by atoms with Crippen LogP contribution in [0.2, 0.25) is 0 Å². The summed E-state index contributed by atoms with van der Waals surface area (Å²) in [6, 6.07) is 12.3. The number of rotatable bonds is 4. The van der Waals surface area contributed by atoms with Crippen molar-refractivity contribution in [2.75, 3.05) is 5.32 Å². The van der Waals surface area contributed by atoms with Gasteiger partial charge in [0.1, 0.15) is 5.82 Å². The van der Waals surface area contributed by atoms with Gasteiger partial charge in [0.25, 0.3) is 0 Å². The summed E-state index contributed by atoms with van der Waals surface area (Å²) in [6.45, 7) is 3.66. The van der Waals surface area contributed by atoms with Crippen LogP contribution < -0.4 is 5.32 Å². The Morgan fingerprint density at radius 1 is 1.17 bits per heavy atom. The van der Waals surface area contributed by atoms with Gasteiger partial charge >= 0.3 is 0 Å². The third-order valence-electron chi connectivity index (χ3n) is 3.77. The molecular formula is C18H14FN5. The Labute approximate surface area is 137 Å². The standard InChI is InChI=1S/C18H14FN5/c1-2-20-15-10-21-24-17(15)18-22-14-8-4-7-13(16(14)23-18)11-5-3-6-12(19)9-11/h2-10,20H,1H2,(H,21,24)(H,22,23). The topological polar surface area (TPSA) is 69.4 Å². The minimum Gasteiger partial charge on any atom is -0.359 e. The number of fused-ring (bicyclic) bond motifs is 1. The molecule has 0 aliphatic carbocycles. The van der Waals surface area contributed by atoms with Gasteiger partial charge in [-0.3, -0.25) is 5.10 Å². The molecule has 0 aliphatic heterocycles. The van der Waals surface area contributed by atoms with Crippen LogP contribution in [0.4, 0.5) is 10.1 Å². The first-order valence-corrected chi connectivity index (χ1v) is 7.42. The Balaban J connectivity index is 1.88. The maximum absolute atomic E-state index is 13.6. The number of aromatic nitrogens is 4. The van der Waals surface area contributed by atoms with E-state index in [4.69, 9.17) is 0 Å². The monoisotopic (exact) mass is 319 g/mol. The van der Waals surface area contributed by atoms with E-state index in [1.54, 1.807) is 18.5 Å². The molecule has 5 nitrogen and oxygen atoms in total. The molecule has 0 spiro atoms. The Kier molecular flexibility index (Phi) is 3.35. The van der Waals surface area contributed by atoms with E-state index < -0.39 is 0 Å². The summed E-state index contributed by atoms with van der Waals surface area (Å²) in [4.78, 5) is 7.93. The zero-order valence-corrected chi connectivity index (χ0v) is 12.7. The summed E-state index contributed by atoms with van der Waals surface area (Å²) in [7, 11) is 0. The highest BCUT2D eigenvalue weighted by molar-refractivity contribution is 5.94. The summed E-state index contributed by atoms with van der Waals surface area (Å²) in [5.41, 5.74) is 4.71. The van der Waals surface area contributed by atoms with Crippen molar-refractivity contribution < 1.29 is 4.39 Å². The smallest absolute Gasteiger partial charge is 0.161 e. The molecule has 0 fully saturated rings. The number of para-hydroxylation sites is 1. The molecule has 0 atom stereocenters. The normalized spacial score (nSPS) is 10.9. The number of anilines is 1. The number of hydrogen-bond acceptors (Lipinski definition) is 3. The predicted molar refractivity (Wildman–Crippen MR) is 92.9 cm³/mol. The average molecular weight is 319 g/mol. The van der Waals surface area contributed by atoms with Crippen LogP contribution in [-0.2, 0) is 0 Å². The van der Waals surface area contributed by atoms with Crippen molar-refractivity contribution in [1.29, 1.82) is 0 Å². The molecule has 3 N–H and O–H groups in total. The lowest BCUT2D eigenvalue weighted by molar-refractivity contribution is 0.628. The molecule has 0 radical (unpaired) electrons. The molecular weight excluding hydrogens is 305 g/mol. The highest BCUT2D eigenvalue weighted by atomic mass is 19.1. The van der Waals surface area contributed by atoms with Crippen LogP contribution in [0.1, 0.15) is 0 Å². The largest absolute Gasteiger partial charge is 0.359 e. The predicted octanol–water partition coefficient (Wildman–Crippen LogP) is 4.31. The van der Waals surface area contributed by atoms with Crippen molar-refractivity contribution in [3.05, 3.63) is 67.3 Å². The van der Waals surface area contributed by atoms with Gasteiger partial charge in [-0.2, -0.15) is 5.10 Å². The number of imidazole rings is 1. The first-order chi connectivity index (χ1) is 11.8. The van der Waals surface area contributed by atoms with Crippen LogP contribution in [0.3, 0.4) is 0 Å². The minimum absolute atomic E-state index is 0.273. The fraction of sp³-hybridized carbons (Fsp3) is 0. The average Bonchev–Trinajstić information content (AvgIpc) is 3.20. The van der Waals surface area contributed by atoms with Crippen molar-refractivity contribution >= 4 is 16.7 Å². The third kappa shape index (κ3) is 2.34. The molecule has 4 rings (SSSR count). The molecule has 0 bridgehead atoms. The van der Waals surface area contributed by atoms with Crippen molar-refractivity contribution in [2.45, 2.75) is 0 Å². The highest BCUT2D eigenvalue weighted by Crippen LogP contribution is 2.31. The molecule has 2 aromatic carbocycles. The lowest BCUT2D eigenvalue weighted by Gasteiger charge is -2.02. The van der Waals surface area contributed by atoms with Gasteiger partial charge in [0, 0.05) is 11.8 Å². The summed E-state index contributed by atoms with van der Waals surface area (Å²) in [5, 5.41) is 10.1. The van der Waals surface area contributed by atoms with Crippen LogP contribution in [0, 0.1) is 5.82 Å². The molecule has 4 aromatic rings. The Morgan fingerprint density at radius 3 is 2.88 bits per heavy atom. The van der Waals surface area contributed by atoms with Gasteiger partial charge in [0.15, 0.2) is 11.5 Å². The first kappa shape index (κ1) is 14.2. The van der Waals surface area contributed by atoms with Crippen molar-refractivity contribution in [3.63, 3.8) is 0 Å². The zero-order chi connectivity index (χ0) is 16.5. The van der Waals surface area contributed by atoms with Gasteiger partial charge in [0.05, 0.1) is 16.7 Å². The van der Waals surface area contributed by atoms with E-state index in [1.807, 2.05) is 24.3 Å². The fourth-order valence-electron chi connectivity index (χ4n) is 2.72. The Bertz CT molecular complexity index is 1030. The lowest BCUT2D eigenvalue weighted by atomic mass is 10.0. The van der Waals surface area contributed by atoms with E-state index in [-0.39, 0.29) is 5.82 Å². The summed E-state index contributed by atoms with van der Waals surface area (Å²) in [5.74, 6) is 0.351. The molecule has 2 aromatic heterocycles. The van der Waals surface area contributed by atoms with Gasteiger partial charge in [-0.1, -0.05) is 30.8 Å². The fourth-order valence-corrected chi connectivity index (χ4v) is 2.72. The van der Waals surface area contributed by atoms with E-state index in [9.17, 15) is 4.39 Å². The maximum Gasteiger partial charge on any atom is 0.161 e. The summed E-state index contributed by atoms with van der Waals surface area (Å²) >= 11 is 0. The molecule has 0 amide bonds. The summed E-state index contributed by atoms with van der Waals surface area (Å²) < 4.78 is 13.6. The highest BCUT2D eigenvalue weighted by Gasteiger charge is 2.15. The molecule has 118 valence electrons. The molecule has 0 saturated carbocycles. The number of benzene rings is 2. The molecule has 0 aliphatic rings. The van der Waals surface area contributed by atoms with Gasteiger partial charge in [-0.25, -0.2) is 9.37 Å². The van der Waals surface area contributed by atoms with Crippen LogP contribution >= 0.6 is 0 Å².